The number of nitrogens with one attached hydrogen (secondary N) is 1. The fourth-order valence-electron chi connectivity index (χ4n) is 1.91. The molecule has 19 heavy (non-hydrogen) atoms. The second-order valence-corrected chi connectivity index (χ2v) is 4.85. The maximum absolute atomic E-state index is 5.85. The summed E-state index contributed by atoms with van der Waals surface area (Å²) in [6, 6.07) is 11.6. The molecule has 0 aliphatic carbocycles. The second kappa shape index (κ2) is 4.90. The molecule has 5 heteroatoms. The molecular formula is C14H13ClN4. The third-order valence-corrected chi connectivity index (χ3v) is 3.18. The van der Waals surface area contributed by atoms with E-state index in [0.29, 0.717) is 6.54 Å². The molecule has 0 amide bonds. The van der Waals surface area contributed by atoms with Gasteiger partial charge in [-0.05, 0) is 48.9 Å². The first-order valence-corrected chi connectivity index (χ1v) is 6.40. The number of benzene rings is 1. The van der Waals surface area contributed by atoms with Gasteiger partial charge in [-0.25, -0.2) is 0 Å². The lowest BCUT2D eigenvalue weighted by Gasteiger charge is -2.05. The Balaban J connectivity index is 1.80. The van der Waals surface area contributed by atoms with Crippen molar-refractivity contribution in [3.05, 3.63) is 59.0 Å². The molecule has 0 spiro atoms. The molecular weight excluding hydrogens is 260 g/mol. The summed E-state index contributed by atoms with van der Waals surface area (Å²) in [4.78, 5) is 0. The topological polar surface area (TPSA) is 42.2 Å². The quantitative estimate of drug-likeness (QED) is 0.795. The molecule has 2 heterocycles. The molecule has 1 aromatic carbocycles. The van der Waals surface area contributed by atoms with Crippen LogP contribution in [-0.2, 0) is 6.54 Å². The molecule has 3 rings (SSSR count). The summed E-state index contributed by atoms with van der Waals surface area (Å²) in [5.41, 5.74) is 3.05. The monoisotopic (exact) mass is 272 g/mol. The summed E-state index contributed by atoms with van der Waals surface area (Å²) in [5.74, 6) is 0.880. The normalized spacial score (nSPS) is 10.8. The molecule has 0 saturated carbocycles. The fourth-order valence-corrected chi connectivity index (χ4v) is 2.04. The van der Waals surface area contributed by atoms with Crippen LogP contribution in [0.3, 0.4) is 0 Å². The second-order valence-electron chi connectivity index (χ2n) is 4.41. The van der Waals surface area contributed by atoms with Crippen molar-refractivity contribution in [1.29, 1.82) is 0 Å². The van der Waals surface area contributed by atoms with E-state index in [1.807, 2.05) is 53.9 Å². The molecule has 0 aliphatic rings. The predicted molar refractivity (Wildman–Crippen MR) is 76.5 cm³/mol. The van der Waals surface area contributed by atoms with Crippen LogP contribution in [0.2, 0.25) is 5.02 Å². The molecule has 96 valence electrons. The Morgan fingerprint density at radius 3 is 2.74 bits per heavy atom. The zero-order chi connectivity index (χ0) is 13.2. The van der Waals surface area contributed by atoms with E-state index >= 15 is 0 Å². The SMILES string of the molecule is Cc1ccn2c(CNc3ccc(Cl)cc3)nnc2c1. The number of halogens is 1. The number of hydrogen-bond acceptors (Lipinski definition) is 3. The predicted octanol–water partition coefficient (Wildman–Crippen LogP) is 3.30. The van der Waals surface area contributed by atoms with Gasteiger partial charge in [-0.15, -0.1) is 10.2 Å². The molecule has 3 aromatic rings. The summed E-state index contributed by atoms with van der Waals surface area (Å²) >= 11 is 5.85. The van der Waals surface area contributed by atoms with Crippen molar-refractivity contribution in [3.63, 3.8) is 0 Å². The van der Waals surface area contributed by atoms with Crippen LogP contribution in [0.15, 0.2) is 42.6 Å². The minimum absolute atomic E-state index is 0.617. The number of anilines is 1. The van der Waals surface area contributed by atoms with E-state index in [1.54, 1.807) is 0 Å². The summed E-state index contributed by atoms with van der Waals surface area (Å²) in [6.07, 6.45) is 1.99. The molecule has 1 N–H and O–H groups in total. The third-order valence-electron chi connectivity index (χ3n) is 2.93. The molecule has 0 fully saturated rings. The highest BCUT2D eigenvalue weighted by molar-refractivity contribution is 6.30. The van der Waals surface area contributed by atoms with Crippen molar-refractivity contribution >= 4 is 22.9 Å². The summed E-state index contributed by atoms with van der Waals surface area (Å²) in [6.45, 7) is 2.66. The van der Waals surface area contributed by atoms with Gasteiger partial charge in [-0.2, -0.15) is 0 Å². The maximum atomic E-state index is 5.85. The van der Waals surface area contributed by atoms with Gasteiger partial charge in [0.2, 0.25) is 0 Å². The highest BCUT2D eigenvalue weighted by Crippen LogP contribution is 2.14. The first-order chi connectivity index (χ1) is 9.22. The standard InChI is InChI=1S/C14H13ClN4/c1-10-6-7-19-13(8-10)17-18-14(19)9-16-12-4-2-11(15)3-5-12/h2-8,16H,9H2,1H3. The van der Waals surface area contributed by atoms with E-state index < -0.39 is 0 Å². The largest absolute Gasteiger partial charge is 0.378 e. The number of aryl methyl sites for hydroxylation is 1. The Labute approximate surface area is 116 Å². The maximum Gasteiger partial charge on any atom is 0.161 e. The van der Waals surface area contributed by atoms with Gasteiger partial charge in [0.1, 0.15) is 0 Å². The van der Waals surface area contributed by atoms with Crippen LogP contribution in [0.25, 0.3) is 5.65 Å². The van der Waals surface area contributed by atoms with Gasteiger partial charge in [-0.1, -0.05) is 11.6 Å². The van der Waals surface area contributed by atoms with E-state index in [0.717, 1.165) is 22.2 Å². The van der Waals surface area contributed by atoms with Crippen molar-refractivity contribution in [2.45, 2.75) is 13.5 Å². The number of hydrogen-bond donors (Lipinski definition) is 1. The van der Waals surface area contributed by atoms with Crippen LogP contribution in [0, 0.1) is 6.92 Å². The lowest BCUT2D eigenvalue weighted by molar-refractivity contribution is 0.917. The Hall–Kier alpha value is -2.07. The van der Waals surface area contributed by atoms with E-state index in [2.05, 4.69) is 15.5 Å². The lowest BCUT2D eigenvalue weighted by Crippen LogP contribution is -2.04. The summed E-state index contributed by atoms with van der Waals surface area (Å²) in [7, 11) is 0. The number of fused-ring (bicyclic) bond motifs is 1. The van der Waals surface area contributed by atoms with Gasteiger partial charge in [0.15, 0.2) is 11.5 Å². The van der Waals surface area contributed by atoms with Gasteiger partial charge in [0.05, 0.1) is 6.54 Å². The first kappa shape index (κ1) is 12.0. The minimum atomic E-state index is 0.617. The van der Waals surface area contributed by atoms with Crippen molar-refractivity contribution in [1.82, 2.24) is 14.6 Å². The average Bonchev–Trinajstić information content (AvgIpc) is 2.80. The van der Waals surface area contributed by atoms with Crippen LogP contribution in [0.4, 0.5) is 5.69 Å². The zero-order valence-electron chi connectivity index (χ0n) is 10.5. The summed E-state index contributed by atoms with van der Waals surface area (Å²) in [5, 5.41) is 12.4. The first-order valence-electron chi connectivity index (χ1n) is 6.02. The summed E-state index contributed by atoms with van der Waals surface area (Å²) < 4.78 is 1.98. The van der Waals surface area contributed by atoms with Gasteiger partial charge < -0.3 is 5.32 Å². The van der Waals surface area contributed by atoms with E-state index in [9.17, 15) is 0 Å². The highest BCUT2D eigenvalue weighted by atomic mass is 35.5. The Kier molecular flexibility index (Phi) is 3.09. The van der Waals surface area contributed by atoms with Gasteiger partial charge in [0.25, 0.3) is 0 Å². The highest BCUT2D eigenvalue weighted by Gasteiger charge is 2.04. The van der Waals surface area contributed by atoms with Crippen molar-refractivity contribution in [2.24, 2.45) is 0 Å². The Morgan fingerprint density at radius 1 is 1.16 bits per heavy atom. The fraction of sp³-hybridized carbons (Fsp3) is 0.143. The smallest absolute Gasteiger partial charge is 0.161 e. The van der Waals surface area contributed by atoms with Gasteiger partial charge >= 0.3 is 0 Å². The number of nitrogens with zero attached hydrogens (tertiary/aromatic N) is 3. The molecule has 0 atom stereocenters. The Morgan fingerprint density at radius 2 is 1.95 bits per heavy atom. The zero-order valence-corrected chi connectivity index (χ0v) is 11.2. The molecule has 0 aliphatic heterocycles. The molecule has 0 bridgehead atoms. The lowest BCUT2D eigenvalue weighted by atomic mass is 10.3. The van der Waals surface area contributed by atoms with Crippen LogP contribution in [-0.4, -0.2) is 14.6 Å². The molecule has 0 radical (unpaired) electrons. The van der Waals surface area contributed by atoms with Crippen LogP contribution >= 0.6 is 11.6 Å². The van der Waals surface area contributed by atoms with Gasteiger partial charge in [-0.3, -0.25) is 4.40 Å². The molecule has 0 saturated heterocycles. The Bertz CT molecular complexity index is 703. The van der Waals surface area contributed by atoms with Crippen molar-refractivity contribution in [2.75, 3.05) is 5.32 Å². The van der Waals surface area contributed by atoms with Crippen molar-refractivity contribution < 1.29 is 0 Å². The molecule has 0 unspecified atom stereocenters. The van der Waals surface area contributed by atoms with E-state index in [1.165, 1.54) is 5.56 Å². The number of aromatic nitrogens is 3. The number of pyridine rings is 1. The molecule has 2 aromatic heterocycles. The van der Waals surface area contributed by atoms with E-state index in [-0.39, 0.29) is 0 Å². The van der Waals surface area contributed by atoms with Crippen molar-refractivity contribution in [3.8, 4) is 0 Å². The number of rotatable bonds is 3. The average molecular weight is 273 g/mol. The third kappa shape index (κ3) is 2.53. The van der Waals surface area contributed by atoms with Crippen LogP contribution < -0.4 is 5.32 Å². The van der Waals surface area contributed by atoms with Gasteiger partial charge in [0, 0.05) is 16.9 Å². The van der Waals surface area contributed by atoms with E-state index in [4.69, 9.17) is 11.6 Å². The van der Waals surface area contributed by atoms with Crippen LogP contribution in [0.5, 0.6) is 0 Å². The molecule has 4 nitrogen and oxygen atoms in total. The minimum Gasteiger partial charge on any atom is -0.378 e. The van der Waals surface area contributed by atoms with Crippen LogP contribution in [0.1, 0.15) is 11.4 Å².